The fraction of sp³-hybridized carbons (Fsp3) is 0.619. The van der Waals surface area contributed by atoms with Crippen LogP contribution in [0.25, 0.3) is 0 Å². The molecule has 166 valence electrons. The lowest BCUT2D eigenvalue weighted by atomic mass is 9.84. The van der Waals surface area contributed by atoms with Crippen molar-refractivity contribution < 1.29 is 14.3 Å². The Bertz CT molecular complexity index is 640. The predicted octanol–water partition coefficient (Wildman–Crippen LogP) is 3.67. The number of aliphatic imine (C=N–C) groups is 1. The van der Waals surface area contributed by atoms with E-state index in [9.17, 15) is 4.79 Å². The number of alkyl carbamates (subject to hydrolysis) is 1. The first-order valence-electron chi connectivity index (χ1n) is 9.63. The highest BCUT2D eigenvalue weighted by Crippen LogP contribution is 2.24. The van der Waals surface area contributed by atoms with Gasteiger partial charge >= 0.3 is 6.09 Å². The van der Waals surface area contributed by atoms with Gasteiger partial charge in [-0.2, -0.15) is 0 Å². The van der Waals surface area contributed by atoms with Crippen molar-refractivity contribution in [2.45, 2.75) is 52.1 Å². The average Bonchev–Trinajstić information content (AvgIpc) is 2.62. The molecule has 0 spiro atoms. The van der Waals surface area contributed by atoms with Crippen LogP contribution in [0, 0.1) is 0 Å². The standard InChI is InChI=1S/C21H36N4O3.HI/c1-20(2,3)28-19(26)24-14-8-13-23-18(22-6)25-15-21(4,5)16-9-11-17(27-7)12-10-16;/h9-12H,8,13-15H2,1-7H3,(H,24,26)(H2,22,23,25);1H. The van der Waals surface area contributed by atoms with Crippen LogP contribution in [0.15, 0.2) is 29.3 Å². The number of hydrogen-bond acceptors (Lipinski definition) is 4. The van der Waals surface area contributed by atoms with E-state index in [1.165, 1.54) is 5.56 Å². The summed E-state index contributed by atoms with van der Waals surface area (Å²) in [5.74, 6) is 1.59. The lowest BCUT2D eigenvalue weighted by Gasteiger charge is -2.27. The van der Waals surface area contributed by atoms with Crippen LogP contribution in [0.2, 0.25) is 0 Å². The molecule has 0 heterocycles. The van der Waals surface area contributed by atoms with E-state index in [0.717, 1.165) is 24.7 Å². The first-order chi connectivity index (χ1) is 13.1. The summed E-state index contributed by atoms with van der Waals surface area (Å²) in [4.78, 5) is 15.9. The molecule has 1 aromatic carbocycles. The molecule has 0 bridgehead atoms. The molecule has 0 saturated heterocycles. The van der Waals surface area contributed by atoms with Gasteiger partial charge in [-0.05, 0) is 44.9 Å². The molecule has 0 saturated carbocycles. The van der Waals surface area contributed by atoms with E-state index >= 15 is 0 Å². The summed E-state index contributed by atoms with van der Waals surface area (Å²) in [7, 11) is 3.41. The highest BCUT2D eigenvalue weighted by molar-refractivity contribution is 14.0. The number of halogens is 1. The molecular formula is C21H37IN4O3. The van der Waals surface area contributed by atoms with Crippen LogP contribution in [0.4, 0.5) is 4.79 Å². The normalized spacial score (nSPS) is 11.9. The van der Waals surface area contributed by atoms with E-state index in [1.54, 1.807) is 14.2 Å². The number of ether oxygens (including phenoxy) is 2. The van der Waals surface area contributed by atoms with Gasteiger partial charge in [0.15, 0.2) is 5.96 Å². The summed E-state index contributed by atoms with van der Waals surface area (Å²) in [6.45, 7) is 11.9. The average molecular weight is 520 g/mol. The maximum Gasteiger partial charge on any atom is 0.407 e. The fourth-order valence-electron chi connectivity index (χ4n) is 2.47. The third-order valence-corrected chi connectivity index (χ3v) is 4.11. The second-order valence-electron chi connectivity index (χ2n) is 8.25. The Morgan fingerprint density at radius 1 is 1.00 bits per heavy atom. The molecular weight excluding hydrogens is 483 g/mol. The number of carbonyl (C=O) groups is 1. The maximum atomic E-state index is 11.6. The van der Waals surface area contributed by atoms with E-state index < -0.39 is 11.7 Å². The topological polar surface area (TPSA) is 84.0 Å². The molecule has 1 aromatic rings. The minimum atomic E-state index is -0.481. The number of amides is 1. The van der Waals surface area contributed by atoms with E-state index in [-0.39, 0.29) is 29.4 Å². The van der Waals surface area contributed by atoms with Crippen LogP contribution in [0.5, 0.6) is 5.75 Å². The van der Waals surface area contributed by atoms with Gasteiger partial charge in [-0.1, -0.05) is 26.0 Å². The van der Waals surface area contributed by atoms with Gasteiger partial charge in [-0.3, -0.25) is 4.99 Å². The highest BCUT2D eigenvalue weighted by Gasteiger charge is 2.21. The van der Waals surface area contributed by atoms with Gasteiger partial charge in [0.05, 0.1) is 7.11 Å². The summed E-state index contributed by atoms with van der Waals surface area (Å²) in [6, 6.07) is 8.11. The highest BCUT2D eigenvalue weighted by atomic mass is 127. The smallest absolute Gasteiger partial charge is 0.407 e. The Labute approximate surface area is 192 Å². The summed E-state index contributed by atoms with van der Waals surface area (Å²) < 4.78 is 10.4. The lowest BCUT2D eigenvalue weighted by molar-refractivity contribution is 0.0527. The molecule has 8 heteroatoms. The summed E-state index contributed by atoms with van der Waals surface area (Å²) in [5, 5.41) is 9.37. The molecule has 0 radical (unpaired) electrons. The predicted molar refractivity (Wildman–Crippen MR) is 130 cm³/mol. The Hall–Kier alpha value is -1.71. The molecule has 1 amide bonds. The molecule has 0 unspecified atom stereocenters. The van der Waals surface area contributed by atoms with Crippen LogP contribution in [0.3, 0.4) is 0 Å². The monoisotopic (exact) mass is 520 g/mol. The Balaban J connectivity index is 0.00000784. The Morgan fingerprint density at radius 3 is 2.10 bits per heavy atom. The number of methoxy groups -OCH3 is 1. The molecule has 0 atom stereocenters. The maximum absolute atomic E-state index is 11.6. The van der Waals surface area contributed by atoms with Crippen LogP contribution in [-0.4, -0.2) is 51.4 Å². The van der Waals surface area contributed by atoms with E-state index in [4.69, 9.17) is 9.47 Å². The molecule has 0 aliphatic rings. The Morgan fingerprint density at radius 2 is 1.59 bits per heavy atom. The summed E-state index contributed by atoms with van der Waals surface area (Å²) in [5.41, 5.74) is 0.672. The number of rotatable bonds is 8. The SMILES string of the molecule is CN=C(NCCCNC(=O)OC(C)(C)C)NCC(C)(C)c1ccc(OC)cc1.I. The van der Waals surface area contributed by atoms with Crippen molar-refractivity contribution in [3.05, 3.63) is 29.8 Å². The van der Waals surface area contributed by atoms with Gasteiger partial charge in [0.2, 0.25) is 0 Å². The second kappa shape index (κ2) is 12.8. The molecule has 0 aromatic heterocycles. The summed E-state index contributed by atoms with van der Waals surface area (Å²) >= 11 is 0. The first-order valence-corrected chi connectivity index (χ1v) is 9.63. The molecule has 7 nitrogen and oxygen atoms in total. The van der Waals surface area contributed by atoms with Crippen LogP contribution in [-0.2, 0) is 10.2 Å². The van der Waals surface area contributed by atoms with Gasteiger partial charge in [0, 0.05) is 32.1 Å². The lowest BCUT2D eigenvalue weighted by Crippen LogP contribution is -2.44. The first kappa shape index (κ1) is 27.3. The summed E-state index contributed by atoms with van der Waals surface area (Å²) in [6.07, 6.45) is 0.373. The van der Waals surface area contributed by atoms with Crippen molar-refractivity contribution in [1.82, 2.24) is 16.0 Å². The molecule has 0 aliphatic carbocycles. The quantitative estimate of drug-likeness (QED) is 0.211. The van der Waals surface area contributed by atoms with Crippen molar-refractivity contribution in [1.29, 1.82) is 0 Å². The number of benzene rings is 1. The van der Waals surface area contributed by atoms with Gasteiger partial charge < -0.3 is 25.4 Å². The van der Waals surface area contributed by atoms with Gasteiger partial charge in [0.25, 0.3) is 0 Å². The minimum absolute atomic E-state index is 0. The van der Waals surface area contributed by atoms with Crippen molar-refractivity contribution >= 4 is 36.0 Å². The number of nitrogens with zero attached hydrogens (tertiary/aromatic N) is 1. The van der Waals surface area contributed by atoms with Crippen molar-refractivity contribution in [2.75, 3.05) is 33.8 Å². The van der Waals surface area contributed by atoms with Gasteiger partial charge in [0.1, 0.15) is 11.4 Å². The molecule has 0 fully saturated rings. The zero-order valence-electron chi connectivity index (χ0n) is 18.7. The third-order valence-electron chi connectivity index (χ3n) is 4.11. The molecule has 0 aliphatic heterocycles. The van der Waals surface area contributed by atoms with E-state index in [0.29, 0.717) is 13.1 Å². The molecule has 29 heavy (non-hydrogen) atoms. The van der Waals surface area contributed by atoms with Crippen molar-refractivity contribution in [2.24, 2.45) is 4.99 Å². The largest absolute Gasteiger partial charge is 0.497 e. The molecule has 3 N–H and O–H groups in total. The zero-order chi connectivity index (χ0) is 21.2. The van der Waals surface area contributed by atoms with E-state index in [1.807, 2.05) is 32.9 Å². The minimum Gasteiger partial charge on any atom is -0.497 e. The number of hydrogen-bond donors (Lipinski definition) is 3. The van der Waals surface area contributed by atoms with E-state index in [2.05, 4.69) is 46.9 Å². The third kappa shape index (κ3) is 11.2. The molecule has 1 rings (SSSR count). The zero-order valence-corrected chi connectivity index (χ0v) is 21.0. The number of nitrogens with one attached hydrogen (secondary N) is 3. The fourth-order valence-corrected chi connectivity index (χ4v) is 2.47. The second-order valence-corrected chi connectivity index (χ2v) is 8.25. The number of carbonyl (C=O) groups excluding carboxylic acids is 1. The van der Waals surface area contributed by atoms with Gasteiger partial charge in [-0.15, -0.1) is 24.0 Å². The van der Waals surface area contributed by atoms with Crippen LogP contribution >= 0.6 is 24.0 Å². The van der Waals surface area contributed by atoms with Crippen LogP contribution < -0.4 is 20.7 Å². The number of guanidine groups is 1. The van der Waals surface area contributed by atoms with Crippen molar-refractivity contribution in [3.8, 4) is 5.75 Å². The van der Waals surface area contributed by atoms with Gasteiger partial charge in [-0.25, -0.2) is 4.79 Å². The van der Waals surface area contributed by atoms with Crippen LogP contribution in [0.1, 0.15) is 46.6 Å². The Kier molecular flexibility index (Phi) is 12.0. The van der Waals surface area contributed by atoms with Crippen molar-refractivity contribution in [3.63, 3.8) is 0 Å².